The van der Waals surface area contributed by atoms with Gasteiger partial charge in [-0.1, -0.05) is 17.7 Å². The van der Waals surface area contributed by atoms with Gasteiger partial charge in [0.25, 0.3) is 10.0 Å². The van der Waals surface area contributed by atoms with Gasteiger partial charge in [0.2, 0.25) is 10.0 Å². The first-order chi connectivity index (χ1) is 11.5. The average Bonchev–Trinajstić information content (AvgIpc) is 2.48. The van der Waals surface area contributed by atoms with Crippen molar-refractivity contribution in [2.24, 2.45) is 0 Å². The molecule has 25 heavy (non-hydrogen) atoms. The van der Waals surface area contributed by atoms with Gasteiger partial charge in [-0.15, -0.1) is 0 Å². The summed E-state index contributed by atoms with van der Waals surface area (Å²) >= 11 is 5.87. The van der Waals surface area contributed by atoms with Crippen LogP contribution in [0.25, 0.3) is 0 Å². The van der Waals surface area contributed by atoms with Crippen molar-refractivity contribution in [3.05, 3.63) is 53.1 Å². The fourth-order valence-corrected chi connectivity index (χ4v) is 4.97. The van der Waals surface area contributed by atoms with Crippen LogP contribution < -0.4 is 9.44 Å². The van der Waals surface area contributed by atoms with E-state index in [4.69, 9.17) is 11.6 Å². The van der Waals surface area contributed by atoms with E-state index in [0.717, 1.165) is 0 Å². The standard InChI is InChI=1S/C16H19ClN2O4S2/c1-11(2)18-24(20,21)15-8-6-14(7-9-15)19-25(22,23)16-10-13(17)5-4-12(16)3/h4-11,18-19H,1-3H3. The van der Waals surface area contributed by atoms with E-state index >= 15 is 0 Å². The van der Waals surface area contributed by atoms with Gasteiger partial charge < -0.3 is 0 Å². The van der Waals surface area contributed by atoms with E-state index < -0.39 is 20.0 Å². The topological polar surface area (TPSA) is 92.3 Å². The van der Waals surface area contributed by atoms with Crippen molar-refractivity contribution >= 4 is 37.3 Å². The van der Waals surface area contributed by atoms with E-state index in [2.05, 4.69) is 9.44 Å². The van der Waals surface area contributed by atoms with Crippen LogP contribution in [0.5, 0.6) is 0 Å². The van der Waals surface area contributed by atoms with Crippen LogP contribution in [0.4, 0.5) is 5.69 Å². The summed E-state index contributed by atoms with van der Waals surface area (Å²) in [4.78, 5) is 0.126. The summed E-state index contributed by atoms with van der Waals surface area (Å²) in [7, 11) is -7.46. The van der Waals surface area contributed by atoms with E-state index in [1.807, 2.05) is 0 Å². The Morgan fingerprint density at radius 2 is 1.52 bits per heavy atom. The summed E-state index contributed by atoms with van der Waals surface area (Å²) in [6.45, 7) is 5.10. The molecule has 2 aromatic rings. The molecule has 2 N–H and O–H groups in total. The minimum atomic E-state index is -3.83. The molecule has 0 heterocycles. The highest BCUT2D eigenvalue weighted by Crippen LogP contribution is 2.23. The zero-order valence-electron chi connectivity index (χ0n) is 13.9. The molecule has 0 atom stereocenters. The van der Waals surface area contributed by atoms with E-state index in [-0.39, 0.29) is 21.5 Å². The first-order valence-corrected chi connectivity index (χ1v) is 10.8. The quantitative estimate of drug-likeness (QED) is 0.776. The van der Waals surface area contributed by atoms with Crippen LogP contribution in [0, 0.1) is 6.92 Å². The van der Waals surface area contributed by atoms with E-state index in [9.17, 15) is 16.8 Å². The van der Waals surface area contributed by atoms with Gasteiger partial charge in [-0.2, -0.15) is 0 Å². The molecular weight excluding hydrogens is 384 g/mol. The summed E-state index contributed by atoms with van der Waals surface area (Å²) in [5, 5.41) is 0.312. The molecule has 0 aliphatic rings. The Morgan fingerprint density at radius 3 is 2.08 bits per heavy atom. The molecule has 0 saturated heterocycles. The average molecular weight is 403 g/mol. The van der Waals surface area contributed by atoms with Gasteiger partial charge >= 0.3 is 0 Å². The maximum absolute atomic E-state index is 12.5. The number of anilines is 1. The molecule has 0 aliphatic carbocycles. The van der Waals surface area contributed by atoms with Crippen molar-refractivity contribution in [1.82, 2.24) is 4.72 Å². The first kappa shape index (κ1) is 19.7. The third kappa shape index (κ3) is 4.94. The predicted octanol–water partition coefficient (Wildman–Crippen LogP) is 3.14. The summed E-state index contributed by atoms with van der Waals surface area (Å²) in [6.07, 6.45) is 0. The lowest BCUT2D eigenvalue weighted by atomic mass is 10.2. The van der Waals surface area contributed by atoms with Crippen LogP contribution in [0.2, 0.25) is 5.02 Å². The zero-order chi connectivity index (χ0) is 18.8. The highest BCUT2D eigenvalue weighted by atomic mass is 35.5. The fourth-order valence-electron chi connectivity index (χ4n) is 2.15. The Balaban J connectivity index is 2.28. The highest BCUT2D eigenvalue weighted by molar-refractivity contribution is 7.92. The monoisotopic (exact) mass is 402 g/mol. The second-order valence-corrected chi connectivity index (χ2v) is 9.62. The number of hydrogen-bond donors (Lipinski definition) is 2. The molecular formula is C16H19ClN2O4S2. The van der Waals surface area contributed by atoms with Gasteiger partial charge in [-0.3, -0.25) is 4.72 Å². The minimum Gasteiger partial charge on any atom is -0.280 e. The number of sulfonamides is 2. The summed E-state index contributed by atoms with van der Waals surface area (Å²) in [5.74, 6) is 0. The van der Waals surface area contributed by atoms with Crippen LogP contribution in [-0.4, -0.2) is 22.9 Å². The van der Waals surface area contributed by atoms with Crippen molar-refractivity contribution in [3.63, 3.8) is 0 Å². The number of hydrogen-bond acceptors (Lipinski definition) is 4. The molecule has 2 rings (SSSR count). The Bertz CT molecular complexity index is 970. The van der Waals surface area contributed by atoms with Gasteiger partial charge in [0.15, 0.2) is 0 Å². The van der Waals surface area contributed by atoms with Gasteiger partial charge in [0.05, 0.1) is 9.79 Å². The molecule has 0 saturated carbocycles. The minimum absolute atomic E-state index is 0.0584. The van der Waals surface area contributed by atoms with Crippen LogP contribution in [0.3, 0.4) is 0 Å². The molecule has 136 valence electrons. The summed E-state index contributed by atoms with van der Waals surface area (Å²) in [5.41, 5.74) is 0.806. The molecule has 0 bridgehead atoms. The van der Waals surface area contributed by atoms with Crippen LogP contribution in [0.15, 0.2) is 52.3 Å². The van der Waals surface area contributed by atoms with Crippen LogP contribution in [0.1, 0.15) is 19.4 Å². The second-order valence-electron chi connectivity index (χ2n) is 5.82. The lowest BCUT2D eigenvalue weighted by molar-refractivity contribution is 0.570. The predicted molar refractivity (Wildman–Crippen MR) is 98.9 cm³/mol. The smallest absolute Gasteiger partial charge is 0.262 e. The SMILES string of the molecule is Cc1ccc(Cl)cc1S(=O)(=O)Nc1ccc(S(=O)(=O)NC(C)C)cc1. The molecule has 0 aliphatic heterocycles. The van der Waals surface area contributed by atoms with Crippen molar-refractivity contribution < 1.29 is 16.8 Å². The lowest BCUT2D eigenvalue weighted by Crippen LogP contribution is -2.30. The highest BCUT2D eigenvalue weighted by Gasteiger charge is 2.19. The van der Waals surface area contributed by atoms with Crippen molar-refractivity contribution in [2.45, 2.75) is 36.6 Å². The lowest BCUT2D eigenvalue weighted by Gasteiger charge is -2.12. The maximum Gasteiger partial charge on any atom is 0.262 e. The number of nitrogens with one attached hydrogen (secondary N) is 2. The van der Waals surface area contributed by atoms with Gasteiger partial charge in [-0.25, -0.2) is 21.6 Å². The number of aryl methyl sites for hydroxylation is 1. The Hall–Kier alpha value is -1.61. The zero-order valence-corrected chi connectivity index (χ0v) is 16.3. The molecule has 0 radical (unpaired) electrons. The fraction of sp³-hybridized carbons (Fsp3) is 0.250. The third-order valence-corrected chi connectivity index (χ3v) is 6.68. The van der Waals surface area contributed by atoms with Gasteiger partial charge in [0.1, 0.15) is 0 Å². The Kier molecular flexibility index (Phi) is 5.78. The van der Waals surface area contributed by atoms with E-state index in [0.29, 0.717) is 10.6 Å². The number of benzene rings is 2. The normalized spacial score (nSPS) is 12.4. The van der Waals surface area contributed by atoms with Crippen molar-refractivity contribution in [2.75, 3.05) is 4.72 Å². The third-order valence-electron chi connectivity index (χ3n) is 3.25. The van der Waals surface area contributed by atoms with Crippen LogP contribution in [-0.2, 0) is 20.0 Å². The first-order valence-electron chi connectivity index (χ1n) is 7.42. The Labute approximate surface area is 153 Å². The molecule has 0 fully saturated rings. The molecule has 0 aromatic heterocycles. The molecule has 2 aromatic carbocycles. The van der Waals surface area contributed by atoms with Gasteiger partial charge in [0, 0.05) is 16.8 Å². The van der Waals surface area contributed by atoms with Gasteiger partial charge in [-0.05, 0) is 62.7 Å². The summed E-state index contributed by atoms with van der Waals surface area (Å²) in [6, 6.07) is 9.82. The summed E-state index contributed by atoms with van der Waals surface area (Å²) < 4.78 is 54.0. The molecule has 9 heteroatoms. The Morgan fingerprint density at radius 1 is 0.920 bits per heavy atom. The largest absolute Gasteiger partial charge is 0.280 e. The number of rotatable bonds is 6. The number of halogens is 1. The second kappa shape index (κ2) is 7.33. The molecule has 0 unspecified atom stereocenters. The van der Waals surface area contributed by atoms with E-state index in [1.54, 1.807) is 32.9 Å². The van der Waals surface area contributed by atoms with Crippen molar-refractivity contribution in [1.29, 1.82) is 0 Å². The molecule has 0 amide bonds. The van der Waals surface area contributed by atoms with Crippen molar-refractivity contribution in [3.8, 4) is 0 Å². The molecule has 0 spiro atoms. The van der Waals surface area contributed by atoms with E-state index in [1.165, 1.54) is 30.3 Å². The molecule has 6 nitrogen and oxygen atoms in total. The maximum atomic E-state index is 12.5. The van der Waals surface area contributed by atoms with Crippen LogP contribution >= 0.6 is 11.6 Å².